The van der Waals surface area contributed by atoms with Gasteiger partial charge in [0.1, 0.15) is 11.4 Å². The average Bonchev–Trinajstić information content (AvgIpc) is 2.72. The molecule has 0 saturated carbocycles. The number of aromatic amines is 1. The molecular formula is C21H23N5O2. The van der Waals surface area contributed by atoms with Crippen molar-refractivity contribution in [3.63, 3.8) is 0 Å². The van der Waals surface area contributed by atoms with Crippen LogP contribution in [0.1, 0.15) is 27.9 Å². The smallest absolute Gasteiger partial charge is 0.254 e. The van der Waals surface area contributed by atoms with E-state index in [4.69, 9.17) is 4.74 Å². The molecular weight excluding hydrogens is 354 g/mol. The van der Waals surface area contributed by atoms with Crippen molar-refractivity contribution in [1.29, 1.82) is 0 Å². The number of nitrogens with zero attached hydrogens (tertiary/aromatic N) is 4. The average molecular weight is 377 g/mol. The van der Waals surface area contributed by atoms with Gasteiger partial charge in [-0.2, -0.15) is 0 Å². The molecule has 0 fully saturated rings. The van der Waals surface area contributed by atoms with Gasteiger partial charge in [-0.1, -0.05) is 6.07 Å². The zero-order valence-corrected chi connectivity index (χ0v) is 16.3. The number of fused-ring (bicyclic) bond motifs is 1. The third-order valence-electron chi connectivity index (χ3n) is 5.42. The first-order valence-corrected chi connectivity index (χ1v) is 9.30. The first-order valence-electron chi connectivity index (χ1n) is 9.30. The predicted octanol–water partition coefficient (Wildman–Crippen LogP) is 2.41. The van der Waals surface area contributed by atoms with E-state index in [9.17, 15) is 4.79 Å². The monoisotopic (exact) mass is 377 g/mol. The van der Waals surface area contributed by atoms with Gasteiger partial charge in [0.25, 0.3) is 5.56 Å². The van der Waals surface area contributed by atoms with Crippen LogP contribution in [-0.2, 0) is 19.5 Å². The third kappa shape index (κ3) is 3.41. The molecule has 0 saturated heterocycles. The van der Waals surface area contributed by atoms with E-state index in [1.807, 2.05) is 6.07 Å². The van der Waals surface area contributed by atoms with Crippen molar-refractivity contribution in [3.8, 4) is 17.3 Å². The quantitative estimate of drug-likeness (QED) is 0.752. The maximum Gasteiger partial charge on any atom is 0.254 e. The summed E-state index contributed by atoms with van der Waals surface area (Å²) in [6, 6.07) is 4.14. The number of ether oxygens (including phenoxy) is 1. The van der Waals surface area contributed by atoms with Crippen molar-refractivity contribution in [1.82, 2.24) is 24.8 Å². The van der Waals surface area contributed by atoms with Crippen LogP contribution in [0.15, 0.2) is 35.5 Å². The van der Waals surface area contributed by atoms with Gasteiger partial charge in [0, 0.05) is 37.6 Å². The van der Waals surface area contributed by atoms with Crippen molar-refractivity contribution in [2.45, 2.75) is 33.4 Å². The van der Waals surface area contributed by atoms with Crippen molar-refractivity contribution in [2.75, 3.05) is 13.7 Å². The minimum absolute atomic E-state index is 0.0817. The second-order valence-corrected chi connectivity index (χ2v) is 7.07. The SMILES string of the molecule is COc1ccc(CN2CCc3c(nc(-c4cnccn4)[nH]c3=O)C2)c(C)c1C. The topological polar surface area (TPSA) is 84.0 Å². The van der Waals surface area contributed by atoms with Crippen LogP contribution in [0.5, 0.6) is 5.75 Å². The molecule has 1 aliphatic rings. The first-order chi connectivity index (χ1) is 13.6. The van der Waals surface area contributed by atoms with Crippen molar-refractivity contribution < 1.29 is 4.74 Å². The summed E-state index contributed by atoms with van der Waals surface area (Å²) in [6.45, 7) is 6.48. The molecule has 7 heteroatoms. The minimum Gasteiger partial charge on any atom is -0.496 e. The highest BCUT2D eigenvalue weighted by Gasteiger charge is 2.22. The van der Waals surface area contributed by atoms with Crippen LogP contribution in [0.2, 0.25) is 0 Å². The molecule has 0 amide bonds. The number of rotatable bonds is 4. The Labute approximate surface area is 163 Å². The van der Waals surface area contributed by atoms with Crippen molar-refractivity contribution >= 4 is 0 Å². The molecule has 1 aliphatic heterocycles. The Morgan fingerprint density at radius 1 is 1.21 bits per heavy atom. The normalized spacial score (nSPS) is 14.0. The molecule has 144 valence electrons. The van der Waals surface area contributed by atoms with Crippen molar-refractivity contribution in [3.05, 3.63) is 69.0 Å². The van der Waals surface area contributed by atoms with E-state index in [1.54, 1.807) is 25.7 Å². The van der Waals surface area contributed by atoms with Gasteiger partial charge in [-0.25, -0.2) is 9.97 Å². The number of methoxy groups -OCH3 is 1. The third-order valence-corrected chi connectivity index (χ3v) is 5.42. The van der Waals surface area contributed by atoms with Gasteiger partial charge in [-0.15, -0.1) is 0 Å². The fraction of sp³-hybridized carbons (Fsp3) is 0.333. The van der Waals surface area contributed by atoms with E-state index >= 15 is 0 Å². The highest BCUT2D eigenvalue weighted by molar-refractivity contribution is 5.47. The molecule has 0 spiro atoms. The maximum absolute atomic E-state index is 12.5. The van der Waals surface area contributed by atoms with Gasteiger partial charge >= 0.3 is 0 Å². The Morgan fingerprint density at radius 3 is 2.82 bits per heavy atom. The summed E-state index contributed by atoms with van der Waals surface area (Å²) < 4.78 is 5.41. The molecule has 0 atom stereocenters. The lowest BCUT2D eigenvalue weighted by Gasteiger charge is -2.28. The lowest BCUT2D eigenvalue weighted by atomic mass is 10.0. The summed E-state index contributed by atoms with van der Waals surface area (Å²) >= 11 is 0. The van der Waals surface area contributed by atoms with Gasteiger partial charge in [-0.05, 0) is 43.0 Å². The summed E-state index contributed by atoms with van der Waals surface area (Å²) in [7, 11) is 1.70. The van der Waals surface area contributed by atoms with E-state index < -0.39 is 0 Å². The highest BCUT2D eigenvalue weighted by Crippen LogP contribution is 2.26. The van der Waals surface area contributed by atoms with E-state index in [2.05, 4.69) is 44.7 Å². The lowest BCUT2D eigenvalue weighted by Crippen LogP contribution is -2.35. The fourth-order valence-electron chi connectivity index (χ4n) is 3.66. The summed E-state index contributed by atoms with van der Waals surface area (Å²) in [5.74, 6) is 1.38. The second kappa shape index (κ2) is 7.52. The molecule has 1 N–H and O–H groups in total. The Balaban J connectivity index is 1.60. The van der Waals surface area contributed by atoms with Crippen LogP contribution >= 0.6 is 0 Å². The second-order valence-electron chi connectivity index (χ2n) is 7.07. The molecule has 0 unspecified atom stereocenters. The van der Waals surface area contributed by atoms with Gasteiger partial charge in [0.15, 0.2) is 5.82 Å². The molecule has 0 radical (unpaired) electrons. The predicted molar refractivity (Wildman–Crippen MR) is 106 cm³/mol. The summed E-state index contributed by atoms with van der Waals surface area (Å²) in [6.07, 6.45) is 5.48. The molecule has 3 aromatic rings. The van der Waals surface area contributed by atoms with E-state index in [1.165, 1.54) is 11.1 Å². The lowest BCUT2D eigenvalue weighted by molar-refractivity contribution is 0.240. The Kier molecular flexibility index (Phi) is 4.92. The first kappa shape index (κ1) is 18.3. The standard InChI is InChI=1S/C21H23N5O2/c1-13-14(2)19(28-3)5-4-15(13)11-26-9-6-16-18(12-26)24-20(25-21(16)27)17-10-22-7-8-23-17/h4-5,7-8,10H,6,9,11-12H2,1-3H3,(H,24,25,27). The van der Waals surface area contributed by atoms with Gasteiger partial charge in [-0.3, -0.25) is 14.7 Å². The van der Waals surface area contributed by atoms with Gasteiger partial charge < -0.3 is 9.72 Å². The number of aromatic nitrogens is 4. The van der Waals surface area contributed by atoms with Gasteiger partial charge in [0.2, 0.25) is 0 Å². The van der Waals surface area contributed by atoms with E-state index in [0.29, 0.717) is 24.5 Å². The van der Waals surface area contributed by atoms with Crippen molar-refractivity contribution in [2.24, 2.45) is 0 Å². The summed E-state index contributed by atoms with van der Waals surface area (Å²) in [5.41, 5.74) is 5.75. The summed E-state index contributed by atoms with van der Waals surface area (Å²) in [4.78, 5) is 30.7. The van der Waals surface area contributed by atoms with Crippen LogP contribution in [0.4, 0.5) is 0 Å². The Bertz CT molecular complexity index is 1060. The zero-order chi connectivity index (χ0) is 19.7. The number of nitrogens with one attached hydrogen (secondary N) is 1. The molecule has 28 heavy (non-hydrogen) atoms. The van der Waals surface area contributed by atoms with Crippen LogP contribution in [-0.4, -0.2) is 38.5 Å². The van der Waals surface area contributed by atoms with E-state index in [-0.39, 0.29) is 5.56 Å². The fourth-order valence-corrected chi connectivity index (χ4v) is 3.66. The number of benzene rings is 1. The molecule has 4 rings (SSSR count). The van der Waals surface area contributed by atoms with Gasteiger partial charge in [0.05, 0.1) is 19.0 Å². The molecule has 1 aromatic carbocycles. The van der Waals surface area contributed by atoms with Crippen LogP contribution < -0.4 is 10.3 Å². The maximum atomic E-state index is 12.5. The minimum atomic E-state index is -0.0817. The van der Waals surface area contributed by atoms with Crippen LogP contribution in [0.25, 0.3) is 11.5 Å². The molecule has 0 bridgehead atoms. The summed E-state index contributed by atoms with van der Waals surface area (Å²) in [5, 5.41) is 0. The molecule has 0 aliphatic carbocycles. The number of hydrogen-bond acceptors (Lipinski definition) is 6. The Morgan fingerprint density at radius 2 is 2.07 bits per heavy atom. The van der Waals surface area contributed by atoms with E-state index in [0.717, 1.165) is 35.7 Å². The highest BCUT2D eigenvalue weighted by atomic mass is 16.5. The number of H-pyrrole nitrogens is 1. The number of hydrogen-bond donors (Lipinski definition) is 1. The zero-order valence-electron chi connectivity index (χ0n) is 16.3. The molecule has 7 nitrogen and oxygen atoms in total. The molecule has 2 aromatic heterocycles. The Hall–Kier alpha value is -3.06. The van der Waals surface area contributed by atoms with Crippen LogP contribution in [0, 0.1) is 13.8 Å². The largest absolute Gasteiger partial charge is 0.496 e. The molecule has 3 heterocycles. The van der Waals surface area contributed by atoms with Crippen LogP contribution in [0.3, 0.4) is 0 Å².